The van der Waals surface area contributed by atoms with Gasteiger partial charge >= 0.3 is 0 Å². The molecule has 4 nitrogen and oxygen atoms in total. The van der Waals surface area contributed by atoms with E-state index in [1.54, 1.807) is 6.92 Å². The molecule has 140 valence electrons. The van der Waals surface area contributed by atoms with E-state index in [9.17, 15) is 9.67 Å². The van der Waals surface area contributed by atoms with Crippen LogP contribution in [0.25, 0.3) is 0 Å². The summed E-state index contributed by atoms with van der Waals surface area (Å²) in [6.07, 6.45) is 0.424. The van der Waals surface area contributed by atoms with Crippen LogP contribution >= 0.6 is 7.14 Å². The lowest BCUT2D eigenvalue weighted by Gasteiger charge is -2.33. The van der Waals surface area contributed by atoms with Crippen molar-refractivity contribution in [3.63, 3.8) is 0 Å². The first kappa shape index (κ1) is 19.3. The van der Waals surface area contributed by atoms with E-state index in [1.807, 2.05) is 67.6 Å². The van der Waals surface area contributed by atoms with E-state index >= 15 is 0 Å². The first-order valence-electron chi connectivity index (χ1n) is 9.13. The van der Waals surface area contributed by atoms with Crippen LogP contribution in [-0.2, 0) is 14.0 Å². The number of aliphatic hydroxyl groups is 1. The van der Waals surface area contributed by atoms with Gasteiger partial charge in [-0.05, 0) is 20.3 Å². The normalized spacial score (nSPS) is 19.2. The fourth-order valence-corrected chi connectivity index (χ4v) is 7.06. The predicted molar refractivity (Wildman–Crippen MR) is 105 cm³/mol. The molecule has 1 saturated heterocycles. The maximum Gasteiger partial charge on any atom is 0.165 e. The van der Waals surface area contributed by atoms with Crippen LogP contribution in [0.2, 0.25) is 0 Å². The highest BCUT2D eigenvalue weighted by molar-refractivity contribution is 7.79. The van der Waals surface area contributed by atoms with E-state index < -0.39 is 24.7 Å². The Kier molecular flexibility index (Phi) is 5.99. The van der Waals surface area contributed by atoms with Gasteiger partial charge in [0.25, 0.3) is 0 Å². The van der Waals surface area contributed by atoms with Gasteiger partial charge in [0, 0.05) is 22.7 Å². The molecule has 2 aromatic rings. The van der Waals surface area contributed by atoms with Crippen LogP contribution in [-0.4, -0.2) is 35.9 Å². The summed E-state index contributed by atoms with van der Waals surface area (Å²) in [5, 5.41) is 12.1. The summed E-state index contributed by atoms with van der Waals surface area (Å²) >= 11 is 0. The fourth-order valence-electron chi connectivity index (χ4n) is 3.67. The van der Waals surface area contributed by atoms with Crippen LogP contribution < -0.4 is 10.6 Å². The molecule has 0 aromatic heterocycles. The Morgan fingerprint density at radius 2 is 1.46 bits per heavy atom. The summed E-state index contributed by atoms with van der Waals surface area (Å²) in [5.74, 6) is -0.661. The third kappa shape index (κ3) is 3.94. The molecule has 0 radical (unpaired) electrons. The minimum absolute atomic E-state index is 0.406. The van der Waals surface area contributed by atoms with Crippen LogP contribution in [0.4, 0.5) is 0 Å². The summed E-state index contributed by atoms with van der Waals surface area (Å²) < 4.78 is 25.8. The van der Waals surface area contributed by atoms with Crippen LogP contribution in [0, 0.1) is 0 Å². The Balaban J connectivity index is 1.99. The average molecular weight is 374 g/mol. The predicted octanol–water partition coefficient (Wildman–Crippen LogP) is 3.29. The zero-order valence-electron chi connectivity index (χ0n) is 15.4. The van der Waals surface area contributed by atoms with Crippen molar-refractivity contribution in [3.05, 3.63) is 60.7 Å². The number of benzene rings is 2. The Hall–Kier alpha value is -1.45. The average Bonchev–Trinajstić information content (AvgIpc) is 3.09. The van der Waals surface area contributed by atoms with Gasteiger partial charge in [0.05, 0.1) is 19.3 Å². The van der Waals surface area contributed by atoms with Crippen molar-refractivity contribution >= 4 is 17.8 Å². The summed E-state index contributed by atoms with van der Waals surface area (Å²) in [5.41, 5.74) is -0.406. The highest BCUT2D eigenvalue weighted by Gasteiger charge is 2.41. The first-order valence-corrected chi connectivity index (χ1v) is 10.9. The van der Waals surface area contributed by atoms with E-state index in [2.05, 4.69) is 0 Å². The number of rotatable bonds is 7. The molecule has 2 aromatic carbocycles. The molecule has 26 heavy (non-hydrogen) atoms. The third-order valence-corrected chi connectivity index (χ3v) is 8.85. The molecule has 0 aliphatic carbocycles. The third-order valence-electron chi connectivity index (χ3n) is 5.10. The number of hydrogen-bond acceptors (Lipinski definition) is 4. The molecule has 0 amide bonds. The minimum atomic E-state index is -3.04. The maximum atomic E-state index is 14.4. The van der Waals surface area contributed by atoms with Crippen molar-refractivity contribution in [1.82, 2.24) is 0 Å². The van der Waals surface area contributed by atoms with Crippen LogP contribution in [0.5, 0.6) is 0 Å². The van der Waals surface area contributed by atoms with Gasteiger partial charge in [-0.1, -0.05) is 60.7 Å². The van der Waals surface area contributed by atoms with Crippen LogP contribution in [0.3, 0.4) is 0 Å². The Morgan fingerprint density at radius 1 is 1.00 bits per heavy atom. The number of hydrogen-bond donors (Lipinski definition) is 1. The van der Waals surface area contributed by atoms with Gasteiger partial charge in [-0.2, -0.15) is 0 Å². The monoisotopic (exact) mass is 374 g/mol. The van der Waals surface area contributed by atoms with E-state index in [1.165, 1.54) is 0 Å². The largest absolute Gasteiger partial charge is 0.393 e. The van der Waals surface area contributed by atoms with Crippen molar-refractivity contribution < 1.29 is 19.1 Å². The summed E-state index contributed by atoms with van der Waals surface area (Å²) in [6, 6.07) is 19.0. The lowest BCUT2D eigenvalue weighted by Crippen LogP contribution is -2.36. The molecule has 3 rings (SSSR count). The molecule has 0 spiro atoms. The fraction of sp³-hybridized carbons (Fsp3) is 0.429. The first-order chi connectivity index (χ1) is 12.5. The molecule has 1 heterocycles. The SMILES string of the molecule is C[C@@H](O)[C@H](CCC1(C)OCCO1)P(=O)(c1ccccc1)c1ccccc1. The molecule has 1 N–H and O–H groups in total. The molecular formula is C21H27O4P. The van der Waals surface area contributed by atoms with Crippen molar-refractivity contribution in [1.29, 1.82) is 0 Å². The minimum Gasteiger partial charge on any atom is -0.393 e. The van der Waals surface area contributed by atoms with E-state index in [0.29, 0.717) is 26.1 Å². The van der Waals surface area contributed by atoms with Gasteiger partial charge in [0.2, 0.25) is 0 Å². The quantitative estimate of drug-likeness (QED) is 0.756. The molecule has 0 unspecified atom stereocenters. The number of aliphatic hydroxyl groups excluding tert-OH is 1. The number of ether oxygens (including phenoxy) is 2. The van der Waals surface area contributed by atoms with Gasteiger partial charge in [-0.25, -0.2) is 0 Å². The zero-order chi connectivity index (χ0) is 18.6. The van der Waals surface area contributed by atoms with Gasteiger partial charge in [-0.3, -0.25) is 0 Å². The topological polar surface area (TPSA) is 55.8 Å². The molecule has 0 saturated carbocycles. The van der Waals surface area contributed by atoms with Gasteiger partial charge in [-0.15, -0.1) is 0 Å². The Labute approximate surface area is 155 Å². The van der Waals surface area contributed by atoms with Crippen molar-refractivity contribution in [2.45, 2.75) is 44.2 Å². The maximum absolute atomic E-state index is 14.4. The molecular weight excluding hydrogens is 347 g/mol. The standard InChI is InChI=1S/C21H27O4P/c1-17(22)20(13-14-21(2)24-15-16-25-21)26(23,18-9-5-3-6-10-18)19-11-7-4-8-12-19/h3-12,17,20,22H,13-16H2,1-2H3/t17-,20+/m1/s1. The highest BCUT2D eigenvalue weighted by Crippen LogP contribution is 2.52. The smallest absolute Gasteiger partial charge is 0.165 e. The Morgan fingerprint density at radius 3 is 1.88 bits per heavy atom. The van der Waals surface area contributed by atoms with Crippen molar-refractivity contribution in [2.24, 2.45) is 0 Å². The molecule has 2 atom stereocenters. The van der Waals surface area contributed by atoms with E-state index in [-0.39, 0.29) is 0 Å². The van der Waals surface area contributed by atoms with Gasteiger partial charge in [0.1, 0.15) is 7.14 Å². The molecule has 1 aliphatic heterocycles. The van der Waals surface area contributed by atoms with Crippen LogP contribution in [0.1, 0.15) is 26.7 Å². The van der Waals surface area contributed by atoms with Crippen molar-refractivity contribution in [3.8, 4) is 0 Å². The lowest BCUT2D eigenvalue weighted by molar-refractivity contribution is -0.147. The summed E-state index contributed by atoms with van der Waals surface area (Å²) in [4.78, 5) is 0. The van der Waals surface area contributed by atoms with Crippen molar-refractivity contribution in [2.75, 3.05) is 13.2 Å². The van der Waals surface area contributed by atoms with E-state index in [0.717, 1.165) is 10.6 Å². The van der Waals surface area contributed by atoms with Crippen LogP contribution in [0.15, 0.2) is 60.7 Å². The van der Waals surface area contributed by atoms with Gasteiger partial charge < -0.3 is 19.1 Å². The van der Waals surface area contributed by atoms with E-state index in [4.69, 9.17) is 9.47 Å². The summed E-state index contributed by atoms with van der Waals surface area (Å²) in [6.45, 7) is 4.78. The highest BCUT2D eigenvalue weighted by atomic mass is 31.2. The molecule has 1 fully saturated rings. The molecule has 5 heteroatoms. The summed E-state index contributed by atoms with van der Waals surface area (Å²) in [7, 11) is -3.04. The lowest BCUT2D eigenvalue weighted by atomic mass is 10.1. The second-order valence-corrected chi connectivity index (χ2v) is 10.0. The Bertz CT molecular complexity index is 696. The second kappa shape index (κ2) is 8.06. The second-order valence-electron chi connectivity index (χ2n) is 7.01. The van der Waals surface area contributed by atoms with Gasteiger partial charge in [0.15, 0.2) is 5.79 Å². The zero-order valence-corrected chi connectivity index (χ0v) is 16.3. The molecule has 0 bridgehead atoms. The molecule has 1 aliphatic rings.